The Kier molecular flexibility index (Phi) is 6.67. The van der Waals surface area contributed by atoms with E-state index in [9.17, 15) is 9.59 Å². The van der Waals surface area contributed by atoms with Gasteiger partial charge in [0.1, 0.15) is 0 Å². The molecule has 0 N–H and O–H groups in total. The average Bonchev–Trinajstić information content (AvgIpc) is 3.26. The van der Waals surface area contributed by atoms with Gasteiger partial charge in [-0.3, -0.25) is 14.5 Å². The number of amides is 1. The zero-order chi connectivity index (χ0) is 23.5. The van der Waals surface area contributed by atoms with Crippen LogP contribution in [0.4, 0.5) is 5.13 Å². The molecular formula is C27H27N3O2S. The Morgan fingerprint density at radius 3 is 2.12 bits per heavy atom. The van der Waals surface area contributed by atoms with E-state index < -0.39 is 0 Å². The predicted octanol–water partition coefficient (Wildman–Crippen LogP) is 5.35. The molecule has 0 unspecified atom stereocenters. The quantitative estimate of drug-likeness (QED) is 0.351. The fraction of sp³-hybridized carbons (Fsp3) is 0.222. The van der Waals surface area contributed by atoms with E-state index in [4.69, 9.17) is 4.98 Å². The predicted molar refractivity (Wildman–Crippen MR) is 136 cm³/mol. The van der Waals surface area contributed by atoms with E-state index in [1.54, 1.807) is 41.3 Å². The molecule has 0 atom stereocenters. The number of anilines is 1. The second-order valence-electron chi connectivity index (χ2n) is 8.38. The summed E-state index contributed by atoms with van der Waals surface area (Å²) >= 11 is 1.53. The summed E-state index contributed by atoms with van der Waals surface area (Å²) in [5.41, 5.74) is 4.99. The number of aromatic nitrogens is 1. The molecule has 0 saturated carbocycles. The van der Waals surface area contributed by atoms with Gasteiger partial charge in [0.2, 0.25) is 0 Å². The summed E-state index contributed by atoms with van der Waals surface area (Å²) in [5.74, 6) is -0.180. The van der Waals surface area contributed by atoms with E-state index in [0.717, 1.165) is 15.8 Å². The molecule has 33 heavy (non-hydrogen) atoms. The first-order valence-corrected chi connectivity index (χ1v) is 11.7. The van der Waals surface area contributed by atoms with Crippen LogP contribution in [0.25, 0.3) is 10.2 Å². The van der Waals surface area contributed by atoms with Crippen molar-refractivity contribution < 1.29 is 9.59 Å². The highest BCUT2D eigenvalue weighted by atomic mass is 32.1. The molecule has 0 spiro atoms. The molecule has 0 aliphatic carbocycles. The molecule has 1 aromatic heterocycles. The number of aryl methyl sites for hydroxylation is 2. The molecule has 0 radical (unpaired) electrons. The van der Waals surface area contributed by atoms with Gasteiger partial charge in [-0.05, 0) is 57.3 Å². The Morgan fingerprint density at radius 2 is 1.45 bits per heavy atom. The number of likely N-dealkylation sites (N-methyl/N-ethyl adjacent to an activating group) is 1. The van der Waals surface area contributed by atoms with Gasteiger partial charge in [0, 0.05) is 29.8 Å². The smallest absolute Gasteiger partial charge is 0.260 e. The molecule has 4 aromatic rings. The lowest BCUT2D eigenvalue weighted by atomic mass is 10.0. The second kappa shape index (κ2) is 9.65. The number of nitrogens with zero attached hydrogens (tertiary/aromatic N) is 3. The maximum Gasteiger partial charge on any atom is 0.260 e. The van der Waals surface area contributed by atoms with Crippen LogP contribution in [0.1, 0.15) is 37.4 Å². The third kappa shape index (κ3) is 4.87. The maximum absolute atomic E-state index is 13.5. The van der Waals surface area contributed by atoms with Gasteiger partial charge < -0.3 is 4.90 Å². The average molecular weight is 458 g/mol. The fourth-order valence-corrected chi connectivity index (χ4v) is 4.64. The number of rotatable bonds is 7. The monoisotopic (exact) mass is 457 g/mol. The molecule has 4 rings (SSSR count). The van der Waals surface area contributed by atoms with Crippen molar-refractivity contribution in [2.45, 2.75) is 13.8 Å². The first kappa shape index (κ1) is 22.8. The molecular weight excluding hydrogens is 430 g/mol. The molecule has 0 bridgehead atoms. The summed E-state index contributed by atoms with van der Waals surface area (Å²) in [6.45, 7) is 5.37. The minimum atomic E-state index is -0.121. The Balaban J connectivity index is 1.64. The van der Waals surface area contributed by atoms with Gasteiger partial charge in [0.05, 0.1) is 10.2 Å². The number of carbonyl (C=O) groups is 2. The maximum atomic E-state index is 13.5. The Morgan fingerprint density at radius 1 is 0.818 bits per heavy atom. The van der Waals surface area contributed by atoms with Crippen LogP contribution in [0, 0.1) is 13.8 Å². The molecule has 1 heterocycles. The third-order valence-electron chi connectivity index (χ3n) is 5.75. The molecule has 168 valence electrons. The zero-order valence-electron chi connectivity index (χ0n) is 19.3. The van der Waals surface area contributed by atoms with Crippen molar-refractivity contribution in [3.63, 3.8) is 0 Å². The molecule has 1 amide bonds. The highest BCUT2D eigenvalue weighted by Gasteiger charge is 2.22. The summed E-state index contributed by atoms with van der Waals surface area (Å²) in [6.07, 6.45) is 0. The lowest BCUT2D eigenvalue weighted by Crippen LogP contribution is -2.36. The number of benzene rings is 3. The van der Waals surface area contributed by atoms with E-state index in [1.165, 1.54) is 16.9 Å². The van der Waals surface area contributed by atoms with Crippen LogP contribution < -0.4 is 4.90 Å². The number of hydrogen-bond donors (Lipinski definition) is 0. The van der Waals surface area contributed by atoms with Gasteiger partial charge in [-0.2, -0.15) is 0 Å². The lowest BCUT2D eigenvalue weighted by molar-refractivity contribution is 0.0982. The van der Waals surface area contributed by atoms with Crippen LogP contribution in [-0.2, 0) is 0 Å². The van der Waals surface area contributed by atoms with E-state index in [1.807, 2.05) is 37.2 Å². The van der Waals surface area contributed by atoms with Crippen LogP contribution in [0.2, 0.25) is 0 Å². The van der Waals surface area contributed by atoms with E-state index >= 15 is 0 Å². The van der Waals surface area contributed by atoms with E-state index in [0.29, 0.717) is 34.9 Å². The Labute approximate surface area is 198 Å². The first-order chi connectivity index (χ1) is 15.8. The van der Waals surface area contributed by atoms with Crippen LogP contribution >= 0.6 is 11.3 Å². The van der Waals surface area contributed by atoms with Crippen molar-refractivity contribution in [2.24, 2.45) is 0 Å². The van der Waals surface area contributed by atoms with Gasteiger partial charge in [-0.15, -0.1) is 0 Å². The standard InChI is InChI=1S/C27H27N3O2S/c1-18-10-15-23-24(19(18)2)28-27(33-23)30(17-16-29(3)4)26(32)22-13-11-21(12-14-22)25(31)20-8-6-5-7-9-20/h5-15H,16-17H2,1-4H3. The van der Waals surface area contributed by atoms with Gasteiger partial charge >= 0.3 is 0 Å². The van der Waals surface area contributed by atoms with Crippen LogP contribution in [0.15, 0.2) is 66.7 Å². The first-order valence-electron chi connectivity index (χ1n) is 10.9. The molecule has 3 aromatic carbocycles. The topological polar surface area (TPSA) is 53.5 Å². The SMILES string of the molecule is Cc1ccc2sc(N(CCN(C)C)C(=O)c3ccc(C(=O)c4ccccc4)cc3)nc2c1C. The van der Waals surface area contributed by atoms with Crippen molar-refractivity contribution in [3.8, 4) is 0 Å². The normalized spacial score (nSPS) is 11.2. The number of ketones is 1. The van der Waals surface area contributed by atoms with Gasteiger partial charge in [-0.1, -0.05) is 59.9 Å². The van der Waals surface area contributed by atoms with Crippen LogP contribution in [-0.4, -0.2) is 48.8 Å². The fourth-order valence-electron chi connectivity index (χ4n) is 3.59. The Bertz CT molecular complexity index is 1290. The number of fused-ring (bicyclic) bond motifs is 1. The molecule has 0 aliphatic rings. The zero-order valence-corrected chi connectivity index (χ0v) is 20.1. The molecule has 0 saturated heterocycles. The van der Waals surface area contributed by atoms with E-state index in [-0.39, 0.29) is 11.7 Å². The molecule has 5 nitrogen and oxygen atoms in total. The van der Waals surface area contributed by atoms with Crippen molar-refractivity contribution in [1.29, 1.82) is 0 Å². The minimum absolute atomic E-state index is 0.0592. The van der Waals surface area contributed by atoms with E-state index in [2.05, 4.69) is 26.0 Å². The number of carbonyl (C=O) groups excluding carboxylic acids is 2. The van der Waals surface area contributed by atoms with Crippen LogP contribution in [0.5, 0.6) is 0 Å². The highest BCUT2D eigenvalue weighted by molar-refractivity contribution is 7.22. The van der Waals surface area contributed by atoms with Crippen LogP contribution in [0.3, 0.4) is 0 Å². The molecule has 6 heteroatoms. The largest absolute Gasteiger partial charge is 0.308 e. The van der Waals surface area contributed by atoms with Gasteiger partial charge in [-0.25, -0.2) is 4.98 Å². The van der Waals surface area contributed by atoms with Crippen molar-refractivity contribution in [3.05, 3.63) is 94.5 Å². The number of hydrogen-bond acceptors (Lipinski definition) is 5. The molecule has 0 aliphatic heterocycles. The van der Waals surface area contributed by atoms with Gasteiger partial charge in [0.25, 0.3) is 5.91 Å². The van der Waals surface area contributed by atoms with Gasteiger partial charge in [0.15, 0.2) is 10.9 Å². The lowest BCUT2D eigenvalue weighted by Gasteiger charge is -2.22. The van der Waals surface area contributed by atoms with Crippen molar-refractivity contribution in [1.82, 2.24) is 9.88 Å². The van der Waals surface area contributed by atoms with Crippen molar-refractivity contribution in [2.75, 3.05) is 32.1 Å². The van der Waals surface area contributed by atoms with Crippen molar-refractivity contribution >= 4 is 38.4 Å². The summed E-state index contributed by atoms with van der Waals surface area (Å²) in [6, 6.07) is 20.2. The second-order valence-corrected chi connectivity index (χ2v) is 9.39. The summed E-state index contributed by atoms with van der Waals surface area (Å²) in [7, 11) is 3.97. The summed E-state index contributed by atoms with van der Waals surface area (Å²) < 4.78 is 1.07. The summed E-state index contributed by atoms with van der Waals surface area (Å²) in [4.78, 5) is 34.9. The molecule has 0 fully saturated rings. The minimum Gasteiger partial charge on any atom is -0.308 e. The Hall–Kier alpha value is -3.35. The third-order valence-corrected chi connectivity index (χ3v) is 6.79. The number of thiazole rings is 1. The summed E-state index contributed by atoms with van der Waals surface area (Å²) in [5, 5.41) is 0.690. The highest BCUT2D eigenvalue weighted by Crippen LogP contribution is 2.32.